The lowest BCUT2D eigenvalue weighted by Crippen LogP contribution is -2.22. The molecule has 5 nitrogen and oxygen atoms in total. The molecule has 1 heterocycles. The van der Waals surface area contributed by atoms with E-state index in [4.69, 9.17) is 0 Å². The molecule has 20 heavy (non-hydrogen) atoms. The third kappa shape index (κ3) is 2.42. The zero-order chi connectivity index (χ0) is 14.7. The molecule has 0 aliphatic heterocycles. The summed E-state index contributed by atoms with van der Waals surface area (Å²) in [4.78, 5) is 24.1. The molecule has 0 radical (unpaired) electrons. The van der Waals surface area contributed by atoms with Crippen molar-refractivity contribution in [1.82, 2.24) is 9.36 Å². The zero-order valence-electron chi connectivity index (χ0n) is 11.8. The Morgan fingerprint density at radius 3 is 2.50 bits per heavy atom. The highest BCUT2D eigenvalue weighted by molar-refractivity contribution is 5.99. The van der Waals surface area contributed by atoms with Gasteiger partial charge in [-0.25, -0.2) is 4.68 Å². The molecular weight excluding hydrogens is 254 g/mol. The normalized spacial score (nSPS) is 10.9. The van der Waals surface area contributed by atoms with Gasteiger partial charge in [0.2, 0.25) is 5.91 Å². The van der Waals surface area contributed by atoms with Crippen molar-refractivity contribution in [3.63, 3.8) is 0 Å². The number of para-hydroxylation sites is 1. The minimum atomic E-state index is -0.307. The summed E-state index contributed by atoms with van der Waals surface area (Å²) in [5.74, 6) is -0.307. The second-order valence-corrected chi connectivity index (χ2v) is 4.43. The molecule has 0 aliphatic rings. The minimum absolute atomic E-state index is 0.242. The summed E-state index contributed by atoms with van der Waals surface area (Å²) in [5, 5.41) is 2.63. The summed E-state index contributed by atoms with van der Waals surface area (Å²) in [6, 6.07) is 9.31. The van der Waals surface area contributed by atoms with Crippen LogP contribution in [0.15, 0.2) is 47.3 Å². The molecule has 0 unspecified atom stereocenters. The number of allylic oxidation sites excluding steroid dienone is 1. The molecule has 5 heteroatoms. The number of carbonyl (C=O) groups excluding carboxylic acids is 1. The number of hydrogen-bond acceptors (Lipinski definition) is 2. The maximum absolute atomic E-state index is 12.5. The van der Waals surface area contributed by atoms with E-state index in [9.17, 15) is 9.59 Å². The number of anilines is 1. The quantitative estimate of drug-likeness (QED) is 0.868. The highest BCUT2D eigenvalue weighted by atomic mass is 16.2. The molecule has 1 aromatic heterocycles. The Morgan fingerprint density at radius 1 is 1.25 bits per heavy atom. The number of aromatic nitrogens is 2. The predicted octanol–water partition coefficient (Wildman–Crippen LogP) is 2.00. The van der Waals surface area contributed by atoms with Crippen LogP contribution in [0.5, 0.6) is 0 Å². The van der Waals surface area contributed by atoms with Crippen LogP contribution < -0.4 is 10.9 Å². The summed E-state index contributed by atoms with van der Waals surface area (Å²) in [5.41, 5.74) is 1.53. The average Bonchev–Trinajstić information content (AvgIpc) is 2.64. The average molecular weight is 271 g/mol. The van der Waals surface area contributed by atoms with Crippen molar-refractivity contribution in [3.05, 3.63) is 58.5 Å². The molecule has 104 valence electrons. The van der Waals surface area contributed by atoms with Crippen LogP contribution >= 0.6 is 0 Å². The van der Waals surface area contributed by atoms with Crippen molar-refractivity contribution >= 4 is 11.6 Å². The van der Waals surface area contributed by atoms with E-state index in [1.165, 1.54) is 10.8 Å². The molecule has 0 atom stereocenters. The van der Waals surface area contributed by atoms with E-state index in [1.54, 1.807) is 31.7 Å². The van der Waals surface area contributed by atoms with E-state index in [-0.39, 0.29) is 11.5 Å². The fraction of sp³-hybridized carbons (Fsp3) is 0.200. The smallest absolute Gasteiger partial charge is 0.295 e. The van der Waals surface area contributed by atoms with Crippen molar-refractivity contribution in [1.29, 1.82) is 0 Å². The van der Waals surface area contributed by atoms with E-state index in [0.717, 1.165) is 5.69 Å². The minimum Gasteiger partial charge on any atom is -0.316 e. The van der Waals surface area contributed by atoms with E-state index >= 15 is 0 Å². The second kappa shape index (κ2) is 5.61. The van der Waals surface area contributed by atoms with Gasteiger partial charge in [0.25, 0.3) is 5.56 Å². The summed E-state index contributed by atoms with van der Waals surface area (Å²) >= 11 is 0. The van der Waals surface area contributed by atoms with Crippen LogP contribution in [0.3, 0.4) is 0 Å². The topological polar surface area (TPSA) is 56.0 Å². The number of amides is 1. The summed E-state index contributed by atoms with van der Waals surface area (Å²) in [6.45, 7) is 3.55. The van der Waals surface area contributed by atoms with Crippen LogP contribution in [-0.4, -0.2) is 15.3 Å². The molecule has 0 saturated carbocycles. The molecule has 1 N–H and O–H groups in total. The maximum atomic E-state index is 12.5. The first kappa shape index (κ1) is 13.9. The van der Waals surface area contributed by atoms with Gasteiger partial charge < -0.3 is 5.32 Å². The monoisotopic (exact) mass is 271 g/mol. The third-order valence-corrected chi connectivity index (χ3v) is 3.12. The molecule has 0 aliphatic carbocycles. The molecular formula is C15H17N3O2. The lowest BCUT2D eigenvalue weighted by atomic mass is 10.3. The van der Waals surface area contributed by atoms with Crippen molar-refractivity contribution in [3.8, 4) is 5.69 Å². The number of nitrogens with one attached hydrogen (secondary N) is 1. The number of nitrogens with zero attached hydrogens (tertiary/aromatic N) is 2. The second-order valence-electron chi connectivity index (χ2n) is 4.43. The molecule has 2 rings (SSSR count). The van der Waals surface area contributed by atoms with Gasteiger partial charge in [-0.1, -0.05) is 24.3 Å². The summed E-state index contributed by atoms with van der Waals surface area (Å²) in [6.07, 6.45) is 3.02. The van der Waals surface area contributed by atoms with Crippen LogP contribution in [0, 0.1) is 6.92 Å². The Kier molecular flexibility index (Phi) is 3.89. The first-order chi connectivity index (χ1) is 9.56. The van der Waals surface area contributed by atoms with Crippen molar-refractivity contribution in [2.24, 2.45) is 7.05 Å². The highest BCUT2D eigenvalue weighted by Crippen LogP contribution is 2.13. The van der Waals surface area contributed by atoms with Crippen LogP contribution in [0.4, 0.5) is 5.69 Å². The number of hydrogen-bond donors (Lipinski definition) is 1. The number of carbonyl (C=O) groups is 1. The van der Waals surface area contributed by atoms with Crippen LogP contribution in [0.1, 0.15) is 12.6 Å². The Bertz CT molecular complexity index is 709. The van der Waals surface area contributed by atoms with Crippen molar-refractivity contribution in [2.45, 2.75) is 13.8 Å². The molecule has 0 spiro atoms. The van der Waals surface area contributed by atoms with Crippen LogP contribution in [0.2, 0.25) is 0 Å². The van der Waals surface area contributed by atoms with E-state index < -0.39 is 0 Å². The lowest BCUT2D eigenvalue weighted by Gasteiger charge is -2.07. The van der Waals surface area contributed by atoms with E-state index in [2.05, 4.69) is 5.32 Å². The fourth-order valence-corrected chi connectivity index (χ4v) is 2.03. The van der Waals surface area contributed by atoms with Crippen molar-refractivity contribution in [2.75, 3.05) is 5.32 Å². The predicted molar refractivity (Wildman–Crippen MR) is 79.2 cm³/mol. The first-order valence-electron chi connectivity index (χ1n) is 6.34. The third-order valence-electron chi connectivity index (χ3n) is 3.12. The van der Waals surface area contributed by atoms with E-state index in [1.807, 2.05) is 30.3 Å². The fourth-order valence-electron chi connectivity index (χ4n) is 2.03. The first-order valence-corrected chi connectivity index (χ1v) is 6.34. The van der Waals surface area contributed by atoms with Gasteiger partial charge in [0, 0.05) is 7.05 Å². The van der Waals surface area contributed by atoms with Crippen LogP contribution in [0.25, 0.3) is 5.69 Å². The van der Waals surface area contributed by atoms with Gasteiger partial charge in [0.05, 0.1) is 11.4 Å². The van der Waals surface area contributed by atoms with Gasteiger partial charge in [-0.2, -0.15) is 0 Å². The SMILES string of the molecule is C/C=C/C(=O)Nc1c(C)n(C)n(-c2ccccc2)c1=O. The van der Waals surface area contributed by atoms with Gasteiger partial charge in [-0.05, 0) is 32.1 Å². The Hall–Kier alpha value is -2.56. The molecule has 2 aromatic rings. The summed E-state index contributed by atoms with van der Waals surface area (Å²) < 4.78 is 3.25. The van der Waals surface area contributed by atoms with Gasteiger partial charge >= 0.3 is 0 Å². The molecule has 0 fully saturated rings. The van der Waals surface area contributed by atoms with E-state index in [0.29, 0.717) is 11.4 Å². The Labute approximate surface area is 117 Å². The van der Waals surface area contributed by atoms with Crippen molar-refractivity contribution < 1.29 is 4.79 Å². The molecule has 1 amide bonds. The van der Waals surface area contributed by atoms with Gasteiger partial charge in [-0.15, -0.1) is 0 Å². The molecule has 0 saturated heterocycles. The number of benzene rings is 1. The lowest BCUT2D eigenvalue weighted by molar-refractivity contribution is -0.111. The molecule has 0 bridgehead atoms. The maximum Gasteiger partial charge on any atom is 0.295 e. The zero-order valence-corrected chi connectivity index (χ0v) is 11.8. The van der Waals surface area contributed by atoms with Gasteiger partial charge in [-0.3, -0.25) is 14.3 Å². The van der Waals surface area contributed by atoms with Gasteiger partial charge in [0.1, 0.15) is 5.69 Å². The largest absolute Gasteiger partial charge is 0.316 e. The number of rotatable bonds is 3. The summed E-state index contributed by atoms with van der Waals surface area (Å²) in [7, 11) is 1.79. The Balaban J connectivity index is 2.53. The standard InChI is InChI=1S/C15H17N3O2/c1-4-8-13(19)16-14-11(2)17(3)18(15(14)20)12-9-6-5-7-10-12/h4-10H,1-3H3,(H,16,19)/b8-4+. The van der Waals surface area contributed by atoms with Gasteiger partial charge in [0.15, 0.2) is 0 Å². The highest BCUT2D eigenvalue weighted by Gasteiger charge is 2.16. The molecule has 1 aromatic carbocycles. The Morgan fingerprint density at radius 2 is 1.90 bits per heavy atom. The van der Waals surface area contributed by atoms with Crippen LogP contribution in [-0.2, 0) is 11.8 Å².